The Morgan fingerprint density at radius 1 is 1.44 bits per heavy atom. The van der Waals surface area contributed by atoms with Crippen molar-refractivity contribution in [1.82, 2.24) is 10.3 Å². The Morgan fingerprint density at radius 3 is 3.06 bits per heavy atom. The molecular formula is C14H17N3O. The molecular weight excluding hydrogens is 226 g/mol. The molecule has 1 saturated heterocycles. The summed E-state index contributed by atoms with van der Waals surface area (Å²) in [4.78, 5) is 14.5. The van der Waals surface area contributed by atoms with Gasteiger partial charge in [0, 0.05) is 22.7 Å². The zero-order chi connectivity index (χ0) is 12.5. The van der Waals surface area contributed by atoms with Crippen LogP contribution < -0.4 is 11.1 Å². The lowest BCUT2D eigenvalue weighted by atomic mass is 9.97. The zero-order valence-electron chi connectivity index (χ0n) is 10.2. The van der Waals surface area contributed by atoms with E-state index in [4.69, 9.17) is 5.73 Å². The number of nitrogens with one attached hydrogen (secondary N) is 2. The number of carbonyl (C=O) groups excluding carboxylic acids is 1. The molecule has 1 aliphatic rings. The molecule has 4 heteroatoms. The molecule has 1 fully saturated rings. The van der Waals surface area contributed by atoms with Gasteiger partial charge in [-0.1, -0.05) is 0 Å². The number of aromatic nitrogens is 1. The Kier molecular flexibility index (Phi) is 2.80. The van der Waals surface area contributed by atoms with E-state index in [0.29, 0.717) is 11.5 Å². The number of nitrogens with two attached hydrogens (primary N) is 1. The maximum atomic E-state index is 11.2. The first kappa shape index (κ1) is 11.3. The normalized spacial score (nSPS) is 19.4. The van der Waals surface area contributed by atoms with E-state index in [-0.39, 0.29) is 5.91 Å². The lowest BCUT2D eigenvalue weighted by Crippen LogP contribution is -2.11. The van der Waals surface area contributed by atoms with E-state index in [0.717, 1.165) is 30.4 Å². The van der Waals surface area contributed by atoms with Gasteiger partial charge < -0.3 is 16.0 Å². The summed E-state index contributed by atoms with van der Waals surface area (Å²) >= 11 is 0. The molecule has 1 aromatic carbocycles. The Balaban J connectivity index is 1.95. The number of carbonyl (C=O) groups is 1. The fraction of sp³-hybridized carbons (Fsp3) is 0.357. The highest BCUT2D eigenvalue weighted by Crippen LogP contribution is 2.24. The molecule has 94 valence electrons. The molecule has 0 bridgehead atoms. The van der Waals surface area contributed by atoms with Crippen molar-refractivity contribution in [3.8, 4) is 0 Å². The highest BCUT2D eigenvalue weighted by Gasteiger charge is 2.17. The van der Waals surface area contributed by atoms with Crippen molar-refractivity contribution in [2.75, 3.05) is 13.1 Å². The summed E-state index contributed by atoms with van der Waals surface area (Å²) in [7, 11) is 0. The molecule has 2 heterocycles. The summed E-state index contributed by atoms with van der Waals surface area (Å²) < 4.78 is 0. The molecule has 0 saturated carbocycles. The summed E-state index contributed by atoms with van der Waals surface area (Å²) in [6.07, 6.45) is 4.32. The second-order valence-electron chi connectivity index (χ2n) is 5.00. The van der Waals surface area contributed by atoms with Gasteiger partial charge in [0.15, 0.2) is 0 Å². The standard InChI is InChI=1S/C14H17N3O/c15-14(18)10-1-2-13-12(6-10)11(8-17-13)5-9-3-4-16-7-9/h1-2,6,8-9,16-17H,3-5,7H2,(H2,15,18). The fourth-order valence-corrected chi connectivity index (χ4v) is 2.70. The first-order valence-corrected chi connectivity index (χ1v) is 6.34. The average Bonchev–Trinajstić information content (AvgIpc) is 2.99. The number of fused-ring (bicyclic) bond motifs is 1. The van der Waals surface area contributed by atoms with Crippen molar-refractivity contribution in [1.29, 1.82) is 0 Å². The minimum absolute atomic E-state index is 0.369. The smallest absolute Gasteiger partial charge is 0.248 e. The van der Waals surface area contributed by atoms with Crippen LogP contribution in [0.2, 0.25) is 0 Å². The SMILES string of the molecule is NC(=O)c1ccc2[nH]cc(CC3CCNC3)c2c1. The van der Waals surface area contributed by atoms with Crippen LogP contribution >= 0.6 is 0 Å². The van der Waals surface area contributed by atoms with Gasteiger partial charge in [0.25, 0.3) is 0 Å². The lowest BCUT2D eigenvalue weighted by molar-refractivity contribution is 0.100. The van der Waals surface area contributed by atoms with Gasteiger partial charge in [-0.15, -0.1) is 0 Å². The van der Waals surface area contributed by atoms with Gasteiger partial charge in [0.2, 0.25) is 5.91 Å². The molecule has 0 spiro atoms. The maximum absolute atomic E-state index is 11.2. The molecule has 0 aliphatic carbocycles. The second kappa shape index (κ2) is 4.46. The van der Waals surface area contributed by atoms with Gasteiger partial charge in [-0.2, -0.15) is 0 Å². The third kappa shape index (κ3) is 1.99. The minimum Gasteiger partial charge on any atom is -0.366 e. The van der Waals surface area contributed by atoms with Gasteiger partial charge in [0.1, 0.15) is 0 Å². The molecule has 1 aliphatic heterocycles. The van der Waals surface area contributed by atoms with Crippen LogP contribution in [0.25, 0.3) is 10.9 Å². The first-order valence-electron chi connectivity index (χ1n) is 6.34. The van der Waals surface area contributed by atoms with Crippen LogP contribution in [0.15, 0.2) is 24.4 Å². The van der Waals surface area contributed by atoms with Crippen molar-refractivity contribution < 1.29 is 4.79 Å². The largest absolute Gasteiger partial charge is 0.366 e. The molecule has 1 aromatic heterocycles. The van der Waals surface area contributed by atoms with E-state index >= 15 is 0 Å². The quantitative estimate of drug-likeness (QED) is 0.763. The van der Waals surface area contributed by atoms with Crippen molar-refractivity contribution in [3.05, 3.63) is 35.5 Å². The van der Waals surface area contributed by atoms with E-state index in [9.17, 15) is 4.79 Å². The summed E-state index contributed by atoms with van der Waals surface area (Å²) in [6.45, 7) is 2.20. The number of amides is 1. The van der Waals surface area contributed by atoms with E-state index in [2.05, 4.69) is 10.3 Å². The van der Waals surface area contributed by atoms with Crippen LogP contribution in [-0.2, 0) is 6.42 Å². The predicted octanol–water partition coefficient (Wildman–Crippen LogP) is 1.42. The molecule has 1 unspecified atom stereocenters. The third-order valence-corrected chi connectivity index (χ3v) is 3.72. The van der Waals surface area contributed by atoms with Gasteiger partial charge in [-0.3, -0.25) is 4.79 Å². The third-order valence-electron chi connectivity index (χ3n) is 3.72. The summed E-state index contributed by atoms with van der Waals surface area (Å²) in [6, 6.07) is 5.58. The van der Waals surface area contributed by atoms with E-state index in [1.54, 1.807) is 6.07 Å². The molecule has 1 amide bonds. The Hall–Kier alpha value is -1.81. The number of hydrogen-bond acceptors (Lipinski definition) is 2. The molecule has 2 aromatic rings. The van der Waals surface area contributed by atoms with Crippen molar-refractivity contribution >= 4 is 16.8 Å². The molecule has 3 rings (SSSR count). The predicted molar refractivity (Wildman–Crippen MR) is 71.5 cm³/mol. The van der Waals surface area contributed by atoms with E-state index < -0.39 is 0 Å². The van der Waals surface area contributed by atoms with Crippen molar-refractivity contribution in [2.45, 2.75) is 12.8 Å². The number of primary amides is 1. The summed E-state index contributed by atoms with van der Waals surface area (Å²) in [5.74, 6) is 0.327. The van der Waals surface area contributed by atoms with Crippen LogP contribution in [0.1, 0.15) is 22.3 Å². The second-order valence-corrected chi connectivity index (χ2v) is 5.00. The summed E-state index contributed by atoms with van der Waals surface area (Å²) in [5.41, 5.74) is 8.25. The highest BCUT2D eigenvalue weighted by molar-refractivity contribution is 5.97. The maximum Gasteiger partial charge on any atom is 0.248 e. The Morgan fingerprint density at radius 2 is 2.33 bits per heavy atom. The van der Waals surface area contributed by atoms with Gasteiger partial charge in [0.05, 0.1) is 0 Å². The van der Waals surface area contributed by atoms with Crippen LogP contribution in [0.3, 0.4) is 0 Å². The average molecular weight is 243 g/mol. The van der Waals surface area contributed by atoms with Crippen LogP contribution in [0.4, 0.5) is 0 Å². The van der Waals surface area contributed by atoms with Crippen molar-refractivity contribution in [3.63, 3.8) is 0 Å². The number of aromatic amines is 1. The highest BCUT2D eigenvalue weighted by atomic mass is 16.1. The number of rotatable bonds is 3. The van der Waals surface area contributed by atoms with Crippen LogP contribution in [-0.4, -0.2) is 24.0 Å². The Bertz CT molecular complexity index is 582. The molecule has 0 radical (unpaired) electrons. The number of hydrogen-bond donors (Lipinski definition) is 3. The van der Waals surface area contributed by atoms with Crippen LogP contribution in [0, 0.1) is 5.92 Å². The zero-order valence-corrected chi connectivity index (χ0v) is 10.2. The number of H-pyrrole nitrogens is 1. The summed E-state index contributed by atoms with van der Waals surface area (Å²) in [5, 5.41) is 4.50. The van der Waals surface area contributed by atoms with Gasteiger partial charge in [-0.05, 0) is 55.6 Å². The van der Waals surface area contributed by atoms with Crippen molar-refractivity contribution in [2.24, 2.45) is 11.7 Å². The Labute approximate surface area is 106 Å². The monoisotopic (exact) mass is 243 g/mol. The molecule has 4 nitrogen and oxygen atoms in total. The van der Waals surface area contributed by atoms with E-state index in [1.807, 2.05) is 18.3 Å². The van der Waals surface area contributed by atoms with Crippen LogP contribution in [0.5, 0.6) is 0 Å². The van der Waals surface area contributed by atoms with E-state index in [1.165, 1.54) is 12.0 Å². The first-order chi connectivity index (χ1) is 8.74. The number of benzene rings is 1. The lowest BCUT2D eigenvalue weighted by Gasteiger charge is -2.07. The molecule has 4 N–H and O–H groups in total. The molecule has 1 atom stereocenters. The van der Waals surface area contributed by atoms with Gasteiger partial charge >= 0.3 is 0 Å². The fourth-order valence-electron chi connectivity index (χ4n) is 2.70. The topological polar surface area (TPSA) is 70.9 Å². The van der Waals surface area contributed by atoms with Gasteiger partial charge in [-0.25, -0.2) is 0 Å². The minimum atomic E-state index is -0.369. The molecule has 18 heavy (non-hydrogen) atoms.